The van der Waals surface area contributed by atoms with Crippen molar-refractivity contribution in [1.29, 1.82) is 0 Å². The zero-order chi connectivity index (χ0) is 10.4. The molecule has 1 aromatic carbocycles. The monoisotopic (exact) mass is 214 g/mol. The van der Waals surface area contributed by atoms with Gasteiger partial charge in [0.15, 0.2) is 0 Å². The Morgan fingerprint density at radius 3 is 2.79 bits per heavy atom. The Hall–Kier alpha value is -0.730. The van der Waals surface area contributed by atoms with Crippen molar-refractivity contribution in [1.82, 2.24) is 0 Å². The average molecular weight is 215 g/mol. The van der Waals surface area contributed by atoms with E-state index in [1.807, 2.05) is 31.2 Å². The van der Waals surface area contributed by atoms with Gasteiger partial charge in [0.25, 0.3) is 0 Å². The van der Waals surface area contributed by atoms with Gasteiger partial charge in [0, 0.05) is 12.3 Å². The first kappa shape index (κ1) is 11.3. The highest BCUT2D eigenvalue weighted by molar-refractivity contribution is 6.18. The number of hydrogen-bond donors (Lipinski definition) is 1. The maximum Gasteiger partial charge on any atom is 0.122 e. The molecule has 1 aromatic rings. The topological polar surface area (TPSA) is 29.5 Å². The summed E-state index contributed by atoms with van der Waals surface area (Å²) in [5.74, 6) is 1.08. The van der Waals surface area contributed by atoms with E-state index in [-0.39, 0.29) is 5.88 Å². The molecule has 0 aliphatic carbocycles. The van der Waals surface area contributed by atoms with E-state index >= 15 is 0 Å². The van der Waals surface area contributed by atoms with Crippen molar-refractivity contribution in [2.24, 2.45) is 0 Å². The molecule has 0 amide bonds. The van der Waals surface area contributed by atoms with E-state index in [1.54, 1.807) is 0 Å². The molecule has 1 unspecified atom stereocenters. The number of rotatable bonds is 5. The van der Waals surface area contributed by atoms with E-state index < -0.39 is 6.10 Å². The average Bonchev–Trinajstić information content (AvgIpc) is 2.21. The molecule has 0 radical (unpaired) electrons. The van der Waals surface area contributed by atoms with Gasteiger partial charge in [0.2, 0.25) is 0 Å². The molecule has 78 valence electrons. The fourth-order valence-corrected chi connectivity index (χ4v) is 1.39. The molecular formula is C11H15ClO2. The van der Waals surface area contributed by atoms with Crippen molar-refractivity contribution in [3.63, 3.8) is 0 Å². The minimum absolute atomic E-state index is 0.250. The molecule has 3 heteroatoms. The van der Waals surface area contributed by atoms with Crippen LogP contribution in [0.3, 0.4) is 0 Å². The van der Waals surface area contributed by atoms with Gasteiger partial charge in [0.1, 0.15) is 5.75 Å². The number of alkyl halides is 1. The summed E-state index contributed by atoms with van der Waals surface area (Å²) in [6.45, 7) is 2.57. The Balaban J connectivity index is 2.73. The SMILES string of the molecule is CCOc1ccccc1CC(O)CCl. The molecule has 1 N–H and O–H groups in total. The van der Waals surface area contributed by atoms with E-state index in [0.717, 1.165) is 11.3 Å². The van der Waals surface area contributed by atoms with Crippen LogP contribution in [0.5, 0.6) is 5.75 Å². The van der Waals surface area contributed by atoms with E-state index in [1.165, 1.54) is 0 Å². The molecule has 1 rings (SSSR count). The highest BCUT2D eigenvalue weighted by Gasteiger charge is 2.08. The molecule has 14 heavy (non-hydrogen) atoms. The van der Waals surface area contributed by atoms with Crippen LogP contribution in [0.25, 0.3) is 0 Å². The lowest BCUT2D eigenvalue weighted by atomic mass is 10.1. The van der Waals surface area contributed by atoms with Crippen LogP contribution in [0.15, 0.2) is 24.3 Å². The predicted octanol–water partition coefficient (Wildman–Crippen LogP) is 2.23. The second-order valence-electron chi connectivity index (χ2n) is 3.05. The number of aliphatic hydroxyl groups is 1. The molecule has 2 nitrogen and oxygen atoms in total. The molecule has 0 saturated heterocycles. The molecule has 0 bridgehead atoms. The standard InChI is InChI=1S/C11H15ClO2/c1-2-14-11-6-4-3-5-9(11)7-10(13)8-12/h3-6,10,13H,2,7-8H2,1H3. The van der Waals surface area contributed by atoms with Gasteiger partial charge in [-0.05, 0) is 18.6 Å². The van der Waals surface area contributed by atoms with Gasteiger partial charge in [-0.1, -0.05) is 18.2 Å². The second-order valence-corrected chi connectivity index (χ2v) is 3.36. The van der Waals surface area contributed by atoms with Crippen molar-refractivity contribution in [3.8, 4) is 5.75 Å². The number of aliphatic hydroxyl groups excluding tert-OH is 1. The van der Waals surface area contributed by atoms with Crippen LogP contribution in [0, 0.1) is 0 Å². The first-order chi connectivity index (χ1) is 6.77. The van der Waals surface area contributed by atoms with Gasteiger partial charge in [-0.15, -0.1) is 11.6 Å². The molecule has 1 atom stereocenters. The Labute approximate surface area is 89.5 Å². The zero-order valence-electron chi connectivity index (χ0n) is 8.24. The normalized spacial score (nSPS) is 12.5. The summed E-state index contributed by atoms with van der Waals surface area (Å²) in [7, 11) is 0. The molecule has 0 spiro atoms. The van der Waals surface area contributed by atoms with Crippen LogP contribution in [0.2, 0.25) is 0 Å². The third-order valence-corrected chi connectivity index (χ3v) is 2.26. The molecule has 0 aromatic heterocycles. The molecule has 0 heterocycles. The summed E-state index contributed by atoms with van der Waals surface area (Å²) in [5.41, 5.74) is 1.00. The van der Waals surface area contributed by atoms with Crippen LogP contribution in [-0.4, -0.2) is 23.7 Å². The highest BCUT2D eigenvalue weighted by atomic mass is 35.5. The minimum atomic E-state index is -0.502. The Kier molecular flexibility index (Phi) is 4.77. The molecule has 0 saturated carbocycles. The number of benzene rings is 1. The van der Waals surface area contributed by atoms with Crippen molar-refractivity contribution in [2.75, 3.05) is 12.5 Å². The first-order valence-electron chi connectivity index (χ1n) is 4.72. The molecule has 0 fully saturated rings. The smallest absolute Gasteiger partial charge is 0.122 e. The fraction of sp³-hybridized carbons (Fsp3) is 0.455. The zero-order valence-corrected chi connectivity index (χ0v) is 9.00. The van der Waals surface area contributed by atoms with Crippen molar-refractivity contribution < 1.29 is 9.84 Å². The Morgan fingerprint density at radius 1 is 1.43 bits per heavy atom. The van der Waals surface area contributed by atoms with Gasteiger partial charge >= 0.3 is 0 Å². The summed E-state index contributed by atoms with van der Waals surface area (Å²) < 4.78 is 5.43. The molecule has 0 aliphatic rings. The number of ether oxygens (including phenoxy) is 1. The second kappa shape index (κ2) is 5.89. The van der Waals surface area contributed by atoms with Crippen LogP contribution >= 0.6 is 11.6 Å². The summed E-state index contributed by atoms with van der Waals surface area (Å²) in [6, 6.07) is 7.70. The third-order valence-electron chi connectivity index (χ3n) is 1.91. The summed E-state index contributed by atoms with van der Waals surface area (Å²) in [5, 5.41) is 9.42. The summed E-state index contributed by atoms with van der Waals surface area (Å²) in [4.78, 5) is 0. The molecule has 0 aliphatic heterocycles. The largest absolute Gasteiger partial charge is 0.494 e. The predicted molar refractivity (Wildman–Crippen MR) is 58.0 cm³/mol. The third kappa shape index (κ3) is 3.20. The van der Waals surface area contributed by atoms with Crippen LogP contribution < -0.4 is 4.74 Å². The number of para-hydroxylation sites is 1. The van der Waals surface area contributed by atoms with Crippen molar-refractivity contribution in [3.05, 3.63) is 29.8 Å². The van der Waals surface area contributed by atoms with Gasteiger partial charge in [-0.3, -0.25) is 0 Å². The lowest BCUT2D eigenvalue weighted by Crippen LogP contribution is -2.12. The Morgan fingerprint density at radius 2 is 2.14 bits per heavy atom. The van der Waals surface area contributed by atoms with Crippen LogP contribution in [0.4, 0.5) is 0 Å². The van der Waals surface area contributed by atoms with E-state index in [9.17, 15) is 5.11 Å². The molecular weight excluding hydrogens is 200 g/mol. The maximum atomic E-state index is 9.42. The quantitative estimate of drug-likeness (QED) is 0.762. The van der Waals surface area contributed by atoms with Gasteiger partial charge in [0.05, 0.1) is 12.7 Å². The maximum absolute atomic E-state index is 9.42. The van der Waals surface area contributed by atoms with Crippen molar-refractivity contribution in [2.45, 2.75) is 19.4 Å². The van der Waals surface area contributed by atoms with Crippen molar-refractivity contribution >= 4 is 11.6 Å². The highest BCUT2D eigenvalue weighted by Crippen LogP contribution is 2.19. The van der Waals surface area contributed by atoms with Gasteiger partial charge in [-0.2, -0.15) is 0 Å². The van der Waals surface area contributed by atoms with E-state index in [0.29, 0.717) is 13.0 Å². The van der Waals surface area contributed by atoms with E-state index in [4.69, 9.17) is 16.3 Å². The minimum Gasteiger partial charge on any atom is -0.494 e. The summed E-state index contributed by atoms with van der Waals surface area (Å²) >= 11 is 5.54. The van der Waals surface area contributed by atoms with Gasteiger partial charge < -0.3 is 9.84 Å². The first-order valence-corrected chi connectivity index (χ1v) is 5.26. The summed E-state index contributed by atoms with van der Waals surface area (Å²) in [6.07, 6.45) is 0.0397. The van der Waals surface area contributed by atoms with Gasteiger partial charge in [-0.25, -0.2) is 0 Å². The van der Waals surface area contributed by atoms with Crippen LogP contribution in [-0.2, 0) is 6.42 Å². The van der Waals surface area contributed by atoms with E-state index in [2.05, 4.69) is 0 Å². The number of hydrogen-bond acceptors (Lipinski definition) is 2. The number of halogens is 1. The lowest BCUT2D eigenvalue weighted by Gasteiger charge is -2.11. The lowest BCUT2D eigenvalue weighted by molar-refractivity contribution is 0.196. The Bertz CT molecular complexity index is 276. The van der Waals surface area contributed by atoms with Crippen LogP contribution in [0.1, 0.15) is 12.5 Å². The fourth-order valence-electron chi connectivity index (χ4n) is 1.28.